The van der Waals surface area contributed by atoms with E-state index in [0.29, 0.717) is 65.5 Å². The van der Waals surface area contributed by atoms with Gasteiger partial charge in [0.1, 0.15) is 28.6 Å². The van der Waals surface area contributed by atoms with E-state index in [1.54, 1.807) is 36.4 Å². The van der Waals surface area contributed by atoms with Gasteiger partial charge in [-0.15, -0.1) is 0 Å². The lowest BCUT2D eigenvalue weighted by Crippen LogP contribution is -2.45. The molecule has 0 radical (unpaired) electrons. The van der Waals surface area contributed by atoms with Gasteiger partial charge in [0, 0.05) is 62.7 Å². The number of nitro groups is 1. The Balaban J connectivity index is 1.39. The predicted molar refractivity (Wildman–Crippen MR) is 167 cm³/mol. The number of nitro benzene ring substituents is 1. The molecule has 0 bridgehead atoms. The summed E-state index contributed by atoms with van der Waals surface area (Å²) in [7, 11) is 2.04. The predicted octanol–water partition coefficient (Wildman–Crippen LogP) is 6.20. The third-order valence-electron chi connectivity index (χ3n) is 8.17. The molecule has 5 aromatic rings. The molecule has 224 valence electrons. The van der Waals surface area contributed by atoms with E-state index in [2.05, 4.69) is 24.8 Å². The average molecular weight is 615 g/mol. The summed E-state index contributed by atoms with van der Waals surface area (Å²) in [5.41, 5.74) is 3.84. The van der Waals surface area contributed by atoms with Gasteiger partial charge in [0.2, 0.25) is 5.88 Å². The molecular weight excluding hydrogens is 587 g/mol. The zero-order valence-corrected chi connectivity index (χ0v) is 24.8. The lowest BCUT2D eigenvalue weighted by Gasteiger charge is -2.36. The summed E-state index contributed by atoms with van der Waals surface area (Å²) in [5, 5.41) is 13.1. The van der Waals surface area contributed by atoms with Crippen molar-refractivity contribution < 1.29 is 14.1 Å². The van der Waals surface area contributed by atoms with Crippen molar-refractivity contribution in [3.8, 4) is 22.8 Å². The number of halogens is 2. The smallest absolute Gasteiger partial charge is 0.294 e. The molecule has 0 aliphatic carbocycles. The van der Waals surface area contributed by atoms with Crippen LogP contribution in [0, 0.1) is 22.9 Å². The van der Waals surface area contributed by atoms with Crippen molar-refractivity contribution in [1.29, 1.82) is 0 Å². The van der Waals surface area contributed by atoms with Crippen LogP contribution in [0.3, 0.4) is 0 Å². The molecule has 0 saturated carbocycles. The first kappa shape index (κ1) is 28.0. The van der Waals surface area contributed by atoms with Gasteiger partial charge in [-0.1, -0.05) is 29.8 Å². The summed E-state index contributed by atoms with van der Waals surface area (Å²) in [5.74, 6) is 0.454. The van der Waals surface area contributed by atoms with Gasteiger partial charge < -0.3 is 24.0 Å². The fraction of sp³-hybridized carbons (Fsp3) is 0.258. The van der Waals surface area contributed by atoms with Gasteiger partial charge >= 0.3 is 0 Å². The Bertz CT molecular complexity index is 1920. The highest BCUT2D eigenvalue weighted by Gasteiger charge is 2.35. The molecule has 0 N–H and O–H groups in total. The van der Waals surface area contributed by atoms with Crippen molar-refractivity contribution in [1.82, 2.24) is 24.4 Å². The molecule has 11 nitrogen and oxygen atoms in total. The summed E-state index contributed by atoms with van der Waals surface area (Å²) in [6.45, 7) is 5.79. The Kier molecular flexibility index (Phi) is 7.02. The minimum Gasteiger partial charge on any atom is -0.436 e. The monoisotopic (exact) mass is 614 g/mol. The Labute approximate surface area is 257 Å². The number of ether oxygens (including phenoxy) is 1. The molecule has 0 spiro atoms. The van der Waals surface area contributed by atoms with Crippen molar-refractivity contribution in [3.05, 3.63) is 87.7 Å². The summed E-state index contributed by atoms with van der Waals surface area (Å²) < 4.78 is 23.4. The maximum Gasteiger partial charge on any atom is 0.294 e. The van der Waals surface area contributed by atoms with E-state index in [9.17, 15) is 10.1 Å². The molecule has 2 aliphatic rings. The van der Waals surface area contributed by atoms with Crippen molar-refractivity contribution in [2.45, 2.75) is 13.5 Å². The minimum atomic E-state index is -0.579. The fourth-order valence-corrected chi connectivity index (χ4v) is 6.32. The summed E-state index contributed by atoms with van der Waals surface area (Å²) in [6.07, 6.45) is 1.40. The molecule has 0 unspecified atom stereocenters. The first-order chi connectivity index (χ1) is 21.3. The van der Waals surface area contributed by atoms with Crippen LogP contribution in [0.2, 0.25) is 5.15 Å². The standard InChI is InChI=1S/C31H28ClFN8O3/c1-19-5-3-8-25(36-19)44-24-10-9-20(17-21(24)33)26-27-29(32)34-18-35-30(27)40-16-15-39(31(26)40)22-6-4-7-23(41(42)43)28(22)38-13-11-37(2)12-14-38/h3-10,17-18H,11-16H2,1-2H3. The van der Waals surface area contributed by atoms with Gasteiger partial charge in [-0.25, -0.2) is 19.3 Å². The number of aryl methyl sites for hydroxylation is 1. The number of rotatable bonds is 6. The molecule has 0 amide bonds. The van der Waals surface area contributed by atoms with Crippen LogP contribution in [0.4, 0.5) is 27.3 Å². The normalized spacial score (nSPS) is 15.2. The third-order valence-corrected chi connectivity index (χ3v) is 8.45. The van der Waals surface area contributed by atoms with Crippen LogP contribution < -0.4 is 14.5 Å². The highest BCUT2D eigenvalue weighted by molar-refractivity contribution is 6.35. The van der Waals surface area contributed by atoms with E-state index in [-0.39, 0.29) is 27.4 Å². The van der Waals surface area contributed by atoms with Gasteiger partial charge in [0.15, 0.2) is 11.6 Å². The van der Waals surface area contributed by atoms with Crippen molar-refractivity contribution in [3.63, 3.8) is 0 Å². The van der Waals surface area contributed by atoms with Crippen LogP contribution in [0.1, 0.15) is 5.69 Å². The fourth-order valence-electron chi connectivity index (χ4n) is 6.09. The summed E-state index contributed by atoms with van der Waals surface area (Å²) in [6, 6.07) is 15.2. The van der Waals surface area contributed by atoms with Gasteiger partial charge in [0.05, 0.1) is 16.0 Å². The highest BCUT2D eigenvalue weighted by atomic mass is 35.5. The number of hydrogen-bond donors (Lipinski definition) is 0. The molecule has 1 fully saturated rings. The van der Waals surface area contributed by atoms with E-state index < -0.39 is 5.82 Å². The Morgan fingerprint density at radius 2 is 1.80 bits per heavy atom. The second-order valence-corrected chi connectivity index (χ2v) is 11.3. The molecule has 3 aromatic heterocycles. The Morgan fingerprint density at radius 3 is 2.55 bits per heavy atom. The van der Waals surface area contributed by atoms with E-state index >= 15 is 4.39 Å². The van der Waals surface area contributed by atoms with E-state index in [1.807, 2.05) is 35.6 Å². The van der Waals surface area contributed by atoms with Gasteiger partial charge in [-0.3, -0.25) is 10.1 Å². The van der Waals surface area contributed by atoms with Crippen LogP contribution in [-0.4, -0.2) is 69.1 Å². The number of hydrogen-bond acceptors (Lipinski definition) is 9. The maximum absolute atomic E-state index is 15.7. The van der Waals surface area contributed by atoms with Gasteiger partial charge in [-0.2, -0.15) is 0 Å². The second kappa shape index (κ2) is 11.0. The molecule has 2 aliphatic heterocycles. The first-order valence-electron chi connectivity index (χ1n) is 14.2. The number of fused-ring (bicyclic) bond motifs is 3. The number of piperazine rings is 1. The number of aromatic nitrogens is 4. The van der Waals surface area contributed by atoms with Crippen LogP contribution in [0.15, 0.2) is 60.9 Å². The molecular formula is C31H28ClFN8O3. The number of anilines is 3. The van der Waals surface area contributed by atoms with Gasteiger partial charge in [-0.05, 0) is 43.8 Å². The lowest BCUT2D eigenvalue weighted by atomic mass is 10.0. The maximum atomic E-state index is 15.7. The van der Waals surface area contributed by atoms with E-state index in [1.165, 1.54) is 12.4 Å². The number of pyridine rings is 1. The molecule has 2 aromatic carbocycles. The van der Waals surface area contributed by atoms with E-state index in [4.69, 9.17) is 16.3 Å². The van der Waals surface area contributed by atoms with E-state index in [0.717, 1.165) is 18.8 Å². The zero-order chi connectivity index (χ0) is 30.5. The molecule has 0 atom stereocenters. The SMILES string of the molecule is Cc1cccc(Oc2ccc(-c3c4n(c5ncnc(Cl)c35)CCN4c3cccc([N+](=O)[O-])c3N3CCN(C)CC3)cc2F)n1. The highest BCUT2D eigenvalue weighted by Crippen LogP contribution is 2.50. The molecule has 13 heteroatoms. The van der Waals surface area contributed by atoms with Crippen molar-refractivity contribution in [2.24, 2.45) is 0 Å². The summed E-state index contributed by atoms with van der Waals surface area (Å²) in [4.78, 5) is 31.4. The topological polar surface area (TPSA) is 106 Å². The average Bonchev–Trinajstić information content (AvgIpc) is 3.58. The van der Waals surface area contributed by atoms with Crippen LogP contribution >= 0.6 is 11.6 Å². The number of benzene rings is 2. The zero-order valence-electron chi connectivity index (χ0n) is 24.1. The third kappa shape index (κ3) is 4.76. The van der Waals surface area contributed by atoms with Crippen molar-refractivity contribution in [2.75, 3.05) is 49.6 Å². The quantitative estimate of drug-likeness (QED) is 0.126. The first-order valence-corrected chi connectivity index (χ1v) is 14.6. The largest absolute Gasteiger partial charge is 0.436 e. The molecule has 1 saturated heterocycles. The Morgan fingerprint density at radius 1 is 1.00 bits per heavy atom. The molecule has 44 heavy (non-hydrogen) atoms. The molecule has 7 rings (SSSR count). The van der Waals surface area contributed by atoms with Gasteiger partial charge in [0.25, 0.3) is 5.69 Å². The minimum absolute atomic E-state index is 0.0299. The Hall–Kier alpha value is -4.81. The number of nitrogens with zero attached hydrogens (tertiary/aromatic N) is 8. The number of para-hydroxylation sites is 1. The number of likely N-dealkylation sites (N-methyl/N-ethyl adjacent to an activating group) is 1. The summed E-state index contributed by atoms with van der Waals surface area (Å²) >= 11 is 6.69. The lowest BCUT2D eigenvalue weighted by molar-refractivity contribution is -0.384. The second-order valence-electron chi connectivity index (χ2n) is 10.9. The van der Waals surface area contributed by atoms with Crippen molar-refractivity contribution >= 4 is 45.5 Å². The van der Waals surface area contributed by atoms with Crippen LogP contribution in [0.5, 0.6) is 11.6 Å². The molecule has 5 heterocycles. The van der Waals surface area contributed by atoms with Crippen LogP contribution in [0.25, 0.3) is 22.2 Å². The van der Waals surface area contributed by atoms with Crippen LogP contribution in [-0.2, 0) is 6.54 Å².